The van der Waals surface area contributed by atoms with Crippen LogP contribution >= 0.6 is 0 Å². The first-order chi connectivity index (χ1) is 11.3. The number of halogens is 3. The van der Waals surface area contributed by atoms with E-state index < -0.39 is 23.7 Å². The molecule has 1 heterocycles. The number of hydrogen-bond donors (Lipinski definition) is 1. The van der Waals surface area contributed by atoms with Crippen molar-refractivity contribution in [3.63, 3.8) is 0 Å². The van der Waals surface area contributed by atoms with Crippen molar-refractivity contribution in [2.45, 2.75) is 37.6 Å². The van der Waals surface area contributed by atoms with Crippen molar-refractivity contribution in [3.8, 4) is 5.75 Å². The molecule has 5 nitrogen and oxygen atoms in total. The average molecular weight is 342 g/mol. The fraction of sp³-hybridized carbons (Fsp3) is 0.500. The summed E-state index contributed by atoms with van der Waals surface area (Å²) in [6.07, 6.45) is -3.22. The lowest BCUT2D eigenvalue weighted by molar-refractivity contribution is -0.312. The summed E-state index contributed by atoms with van der Waals surface area (Å²) in [5, 5.41) is 14.5. The monoisotopic (exact) mass is 342 g/mol. The molecule has 0 spiro atoms. The van der Waals surface area contributed by atoms with Crippen LogP contribution in [0.3, 0.4) is 0 Å². The summed E-state index contributed by atoms with van der Waals surface area (Å²) >= 11 is 0. The second kappa shape index (κ2) is 5.77. The fourth-order valence-electron chi connectivity index (χ4n) is 3.27. The molecule has 1 aliphatic carbocycles. The number of hydrazone groups is 1. The summed E-state index contributed by atoms with van der Waals surface area (Å²) in [6, 6.07) is 5.63. The third kappa shape index (κ3) is 2.45. The van der Waals surface area contributed by atoms with Gasteiger partial charge in [0, 0.05) is 11.3 Å². The molecule has 1 aromatic carbocycles. The smallest absolute Gasteiger partial charge is 0.439 e. The number of ether oxygens (including phenoxy) is 1. The Balaban J connectivity index is 1.99. The van der Waals surface area contributed by atoms with Gasteiger partial charge in [0.25, 0.3) is 11.6 Å². The van der Waals surface area contributed by atoms with Gasteiger partial charge in [-0.2, -0.15) is 23.3 Å². The highest BCUT2D eigenvalue weighted by atomic mass is 19.4. The van der Waals surface area contributed by atoms with Crippen LogP contribution in [0.25, 0.3) is 0 Å². The van der Waals surface area contributed by atoms with Crippen molar-refractivity contribution in [1.82, 2.24) is 5.01 Å². The summed E-state index contributed by atoms with van der Waals surface area (Å²) in [5.74, 6) is -1.72. The molecule has 1 saturated carbocycles. The Hall–Kier alpha value is -2.09. The van der Waals surface area contributed by atoms with Crippen molar-refractivity contribution < 1.29 is 27.8 Å². The molecular formula is C16H17F3N2O3. The molecule has 1 aliphatic heterocycles. The maximum atomic E-state index is 13.6. The molecule has 0 radical (unpaired) electrons. The van der Waals surface area contributed by atoms with Crippen LogP contribution in [0.2, 0.25) is 0 Å². The zero-order valence-corrected chi connectivity index (χ0v) is 13.0. The topological polar surface area (TPSA) is 62.1 Å². The quantitative estimate of drug-likeness (QED) is 0.899. The highest BCUT2D eigenvalue weighted by Crippen LogP contribution is 2.48. The maximum absolute atomic E-state index is 13.6. The van der Waals surface area contributed by atoms with Crippen LogP contribution in [0.1, 0.15) is 36.0 Å². The Kier molecular flexibility index (Phi) is 4.03. The summed E-state index contributed by atoms with van der Waals surface area (Å²) in [4.78, 5) is 12.6. The first kappa shape index (κ1) is 16.8. The van der Waals surface area contributed by atoms with Gasteiger partial charge in [-0.1, -0.05) is 6.42 Å². The molecular weight excluding hydrogens is 325 g/mol. The highest BCUT2D eigenvalue weighted by molar-refractivity contribution is 5.99. The van der Waals surface area contributed by atoms with Crippen molar-refractivity contribution in [3.05, 3.63) is 29.8 Å². The summed E-state index contributed by atoms with van der Waals surface area (Å²) < 4.78 is 45.8. The number of carbonyl (C=O) groups excluding carboxylic acids is 1. The normalized spacial score (nSPS) is 26.8. The molecule has 1 amide bonds. The van der Waals surface area contributed by atoms with E-state index in [0.717, 1.165) is 0 Å². The van der Waals surface area contributed by atoms with Gasteiger partial charge >= 0.3 is 6.18 Å². The van der Waals surface area contributed by atoms with Gasteiger partial charge in [-0.3, -0.25) is 4.79 Å². The van der Waals surface area contributed by atoms with Gasteiger partial charge < -0.3 is 9.84 Å². The predicted molar refractivity (Wildman–Crippen MR) is 79.6 cm³/mol. The molecule has 3 rings (SSSR count). The highest BCUT2D eigenvalue weighted by Gasteiger charge is 2.68. The number of alkyl halides is 3. The van der Waals surface area contributed by atoms with Gasteiger partial charge in [0.15, 0.2) is 0 Å². The number of fused-ring (bicyclic) bond motifs is 1. The molecule has 0 saturated heterocycles. The van der Waals surface area contributed by atoms with Crippen LogP contribution < -0.4 is 4.74 Å². The van der Waals surface area contributed by atoms with Crippen molar-refractivity contribution in [2.24, 2.45) is 11.0 Å². The molecule has 0 bridgehead atoms. The maximum Gasteiger partial charge on any atom is 0.439 e. The number of hydrogen-bond acceptors (Lipinski definition) is 4. The first-order valence-corrected chi connectivity index (χ1v) is 7.64. The summed E-state index contributed by atoms with van der Waals surface area (Å²) in [5.41, 5.74) is -3.05. The molecule has 0 unspecified atom stereocenters. The Morgan fingerprint density at radius 3 is 2.58 bits per heavy atom. The molecule has 1 fully saturated rings. The molecule has 0 aromatic heterocycles. The fourth-order valence-corrected chi connectivity index (χ4v) is 3.27. The Labute approximate surface area is 136 Å². The van der Waals surface area contributed by atoms with E-state index in [-0.39, 0.29) is 22.7 Å². The van der Waals surface area contributed by atoms with Crippen LogP contribution in [0.5, 0.6) is 5.75 Å². The number of rotatable bonds is 2. The molecule has 24 heavy (non-hydrogen) atoms. The molecule has 1 N–H and O–H groups in total. The lowest BCUT2D eigenvalue weighted by Crippen LogP contribution is -2.61. The van der Waals surface area contributed by atoms with Gasteiger partial charge in [0.2, 0.25) is 0 Å². The number of carbonyl (C=O) groups is 1. The van der Waals surface area contributed by atoms with Gasteiger partial charge in [0.05, 0.1) is 13.0 Å². The lowest BCUT2D eigenvalue weighted by atomic mass is 9.80. The molecule has 130 valence electrons. The van der Waals surface area contributed by atoms with Gasteiger partial charge in [-0.05, 0) is 43.5 Å². The van der Waals surface area contributed by atoms with E-state index in [1.54, 1.807) is 0 Å². The second-order valence-corrected chi connectivity index (χ2v) is 5.96. The Morgan fingerprint density at radius 1 is 1.33 bits per heavy atom. The van der Waals surface area contributed by atoms with E-state index in [1.165, 1.54) is 31.4 Å². The van der Waals surface area contributed by atoms with Crippen molar-refractivity contribution >= 4 is 11.6 Å². The molecule has 2 aliphatic rings. The van der Waals surface area contributed by atoms with E-state index in [2.05, 4.69) is 5.10 Å². The van der Waals surface area contributed by atoms with E-state index in [4.69, 9.17) is 4.74 Å². The number of benzene rings is 1. The predicted octanol–water partition coefficient (Wildman–Crippen LogP) is 2.95. The van der Waals surface area contributed by atoms with Crippen molar-refractivity contribution in [2.75, 3.05) is 7.11 Å². The van der Waals surface area contributed by atoms with Crippen LogP contribution in [-0.2, 0) is 0 Å². The van der Waals surface area contributed by atoms with Crippen LogP contribution in [0.15, 0.2) is 29.4 Å². The number of amides is 1. The SMILES string of the molecule is COc1ccc(C(=O)N2N=C3CCCC[C@H]3[C@]2(O)C(F)(F)F)cc1. The Bertz CT molecular complexity index is 672. The lowest BCUT2D eigenvalue weighted by Gasteiger charge is -2.38. The van der Waals surface area contributed by atoms with Crippen LogP contribution in [0.4, 0.5) is 13.2 Å². The average Bonchev–Trinajstić information content (AvgIpc) is 2.89. The zero-order valence-electron chi connectivity index (χ0n) is 13.0. The third-order valence-corrected chi connectivity index (χ3v) is 4.56. The van der Waals surface area contributed by atoms with E-state index >= 15 is 0 Å². The summed E-state index contributed by atoms with van der Waals surface area (Å²) in [7, 11) is 1.44. The van der Waals surface area contributed by atoms with E-state index in [9.17, 15) is 23.1 Å². The molecule has 1 aromatic rings. The minimum absolute atomic E-state index is 0.00136. The minimum Gasteiger partial charge on any atom is -0.497 e. The van der Waals surface area contributed by atoms with Gasteiger partial charge in [0.1, 0.15) is 5.75 Å². The number of nitrogens with zero attached hydrogens (tertiary/aromatic N) is 2. The van der Waals surface area contributed by atoms with Crippen molar-refractivity contribution in [1.29, 1.82) is 0 Å². The standard InChI is InChI=1S/C16H17F3N2O3/c1-24-11-8-6-10(7-9-11)14(22)21-15(23,16(17,18)19)12-4-2-3-5-13(12)20-21/h6-9,12,23H,2-5H2,1H3/t12-,15+/m1/s1. The zero-order chi connectivity index (χ0) is 17.5. The van der Waals surface area contributed by atoms with Gasteiger partial charge in [-0.15, -0.1) is 0 Å². The largest absolute Gasteiger partial charge is 0.497 e. The number of aliphatic hydroxyl groups is 1. The van der Waals surface area contributed by atoms with Crippen LogP contribution in [-0.4, -0.2) is 40.7 Å². The molecule has 2 atom stereocenters. The molecule has 8 heteroatoms. The van der Waals surface area contributed by atoms with Crippen LogP contribution in [0, 0.1) is 5.92 Å². The second-order valence-electron chi connectivity index (χ2n) is 5.96. The van der Waals surface area contributed by atoms with Gasteiger partial charge in [-0.25, -0.2) is 0 Å². The van der Waals surface area contributed by atoms with E-state index in [1.807, 2.05) is 0 Å². The first-order valence-electron chi connectivity index (χ1n) is 7.64. The number of methoxy groups -OCH3 is 1. The van der Waals surface area contributed by atoms with E-state index in [0.29, 0.717) is 25.0 Å². The summed E-state index contributed by atoms with van der Waals surface area (Å²) in [6.45, 7) is 0. The minimum atomic E-state index is -5.00. The Morgan fingerprint density at radius 2 is 2.00 bits per heavy atom. The third-order valence-electron chi connectivity index (χ3n) is 4.56.